The van der Waals surface area contributed by atoms with Crippen LogP contribution in [0.2, 0.25) is 5.02 Å². The highest BCUT2D eigenvalue weighted by Gasteiger charge is 2.09. The van der Waals surface area contributed by atoms with E-state index in [1.165, 1.54) is 6.20 Å². The van der Waals surface area contributed by atoms with Gasteiger partial charge < -0.3 is 4.74 Å². The van der Waals surface area contributed by atoms with Crippen LogP contribution in [0.1, 0.15) is 10.4 Å². The van der Waals surface area contributed by atoms with E-state index in [0.29, 0.717) is 16.3 Å². The number of nitrogens with zero attached hydrogens (tertiary/aromatic N) is 1. The van der Waals surface area contributed by atoms with E-state index in [0.717, 1.165) is 4.47 Å². The van der Waals surface area contributed by atoms with Crippen LogP contribution >= 0.6 is 27.5 Å². The SMILES string of the molecule is O=C(Oc1cncc(Br)c1)c1cccc(Cl)c1. The Balaban J connectivity index is 2.17. The lowest BCUT2D eigenvalue weighted by Gasteiger charge is -2.04. The molecule has 17 heavy (non-hydrogen) atoms. The average Bonchev–Trinajstić information content (AvgIpc) is 2.29. The van der Waals surface area contributed by atoms with Crippen molar-refractivity contribution in [2.45, 2.75) is 0 Å². The van der Waals surface area contributed by atoms with Gasteiger partial charge in [0.2, 0.25) is 0 Å². The third-order valence-electron chi connectivity index (χ3n) is 1.95. The van der Waals surface area contributed by atoms with Gasteiger partial charge in [-0.05, 0) is 40.2 Å². The zero-order chi connectivity index (χ0) is 12.3. The molecule has 0 saturated heterocycles. The second-order valence-electron chi connectivity index (χ2n) is 3.24. The van der Waals surface area contributed by atoms with Crippen molar-refractivity contribution >= 4 is 33.5 Å². The molecular formula is C12H7BrClNO2. The summed E-state index contributed by atoms with van der Waals surface area (Å²) in [6, 6.07) is 8.24. The number of pyridine rings is 1. The molecular weight excluding hydrogens is 305 g/mol. The molecule has 2 aromatic rings. The Hall–Kier alpha value is -1.39. The predicted molar refractivity (Wildman–Crippen MR) is 68.3 cm³/mol. The molecule has 1 aromatic carbocycles. The summed E-state index contributed by atoms with van der Waals surface area (Å²) in [6.45, 7) is 0. The molecule has 2 rings (SSSR count). The van der Waals surface area contributed by atoms with Crippen LogP contribution in [0.4, 0.5) is 0 Å². The van der Waals surface area contributed by atoms with E-state index in [1.54, 1.807) is 36.5 Å². The quantitative estimate of drug-likeness (QED) is 0.793. The van der Waals surface area contributed by atoms with Gasteiger partial charge in [0.25, 0.3) is 0 Å². The summed E-state index contributed by atoms with van der Waals surface area (Å²) in [5.41, 5.74) is 0.400. The highest BCUT2D eigenvalue weighted by molar-refractivity contribution is 9.10. The van der Waals surface area contributed by atoms with Crippen molar-refractivity contribution in [2.24, 2.45) is 0 Å². The zero-order valence-electron chi connectivity index (χ0n) is 8.56. The first kappa shape index (κ1) is 12.1. The molecule has 0 fully saturated rings. The van der Waals surface area contributed by atoms with Crippen molar-refractivity contribution < 1.29 is 9.53 Å². The molecule has 0 aliphatic rings. The molecule has 5 heteroatoms. The Labute approximate surface area is 112 Å². The Kier molecular flexibility index (Phi) is 3.76. The van der Waals surface area contributed by atoms with Crippen LogP contribution in [0.25, 0.3) is 0 Å². The van der Waals surface area contributed by atoms with E-state index in [4.69, 9.17) is 16.3 Å². The minimum absolute atomic E-state index is 0.379. The third-order valence-corrected chi connectivity index (χ3v) is 2.62. The Morgan fingerprint density at radius 3 is 2.82 bits per heavy atom. The summed E-state index contributed by atoms with van der Waals surface area (Å²) in [6.07, 6.45) is 3.07. The highest BCUT2D eigenvalue weighted by atomic mass is 79.9. The third kappa shape index (κ3) is 3.28. The van der Waals surface area contributed by atoms with Gasteiger partial charge in [-0.2, -0.15) is 0 Å². The second kappa shape index (κ2) is 5.29. The van der Waals surface area contributed by atoms with Gasteiger partial charge in [-0.15, -0.1) is 0 Å². The lowest BCUT2D eigenvalue weighted by molar-refractivity contribution is 0.0734. The van der Waals surface area contributed by atoms with Gasteiger partial charge in [0.1, 0.15) is 0 Å². The molecule has 0 bridgehead atoms. The molecule has 0 spiro atoms. The smallest absolute Gasteiger partial charge is 0.343 e. The van der Waals surface area contributed by atoms with E-state index < -0.39 is 5.97 Å². The Bertz CT molecular complexity index is 560. The Morgan fingerprint density at radius 1 is 1.29 bits per heavy atom. The van der Waals surface area contributed by atoms with Gasteiger partial charge in [-0.3, -0.25) is 4.98 Å². The van der Waals surface area contributed by atoms with Gasteiger partial charge in [-0.1, -0.05) is 17.7 Å². The van der Waals surface area contributed by atoms with Crippen molar-refractivity contribution in [1.82, 2.24) is 4.98 Å². The number of carbonyl (C=O) groups is 1. The first-order valence-electron chi connectivity index (χ1n) is 4.73. The molecule has 0 unspecified atom stereocenters. The van der Waals surface area contributed by atoms with Crippen molar-refractivity contribution in [3.05, 3.63) is 57.8 Å². The lowest BCUT2D eigenvalue weighted by Crippen LogP contribution is -2.08. The fourth-order valence-electron chi connectivity index (χ4n) is 1.23. The lowest BCUT2D eigenvalue weighted by atomic mass is 10.2. The van der Waals surface area contributed by atoms with Crippen molar-refractivity contribution in [2.75, 3.05) is 0 Å². The summed E-state index contributed by atoms with van der Waals surface area (Å²) >= 11 is 9.03. The summed E-state index contributed by atoms with van der Waals surface area (Å²) in [4.78, 5) is 15.7. The first-order valence-corrected chi connectivity index (χ1v) is 5.90. The fourth-order valence-corrected chi connectivity index (χ4v) is 1.76. The topological polar surface area (TPSA) is 39.2 Å². The monoisotopic (exact) mass is 311 g/mol. The maximum Gasteiger partial charge on any atom is 0.343 e. The molecule has 0 aliphatic carbocycles. The molecule has 0 N–H and O–H groups in total. The molecule has 0 saturated carbocycles. The minimum Gasteiger partial charge on any atom is -0.421 e. The number of halogens is 2. The molecule has 1 aromatic heterocycles. The van der Waals surface area contributed by atoms with Gasteiger partial charge in [0, 0.05) is 15.7 Å². The molecule has 86 valence electrons. The van der Waals surface area contributed by atoms with Crippen LogP contribution in [0, 0.1) is 0 Å². The molecule has 0 radical (unpaired) electrons. The zero-order valence-corrected chi connectivity index (χ0v) is 10.9. The second-order valence-corrected chi connectivity index (χ2v) is 4.59. The number of rotatable bonds is 2. The van der Waals surface area contributed by atoms with Crippen LogP contribution in [-0.4, -0.2) is 11.0 Å². The van der Waals surface area contributed by atoms with Crippen molar-refractivity contribution in [3.8, 4) is 5.75 Å². The van der Waals surface area contributed by atoms with Crippen LogP contribution in [0.3, 0.4) is 0 Å². The summed E-state index contributed by atoms with van der Waals surface area (Å²) in [5.74, 6) is -0.0863. The number of hydrogen-bond acceptors (Lipinski definition) is 3. The van der Waals surface area contributed by atoms with E-state index in [9.17, 15) is 4.79 Å². The molecule has 0 aliphatic heterocycles. The van der Waals surface area contributed by atoms with Gasteiger partial charge in [0.05, 0.1) is 11.8 Å². The molecule has 1 heterocycles. The van der Waals surface area contributed by atoms with E-state index >= 15 is 0 Å². The summed E-state index contributed by atoms with van der Waals surface area (Å²) in [7, 11) is 0. The normalized spacial score (nSPS) is 10.0. The predicted octanol–water partition coefficient (Wildman–Crippen LogP) is 3.72. The number of aromatic nitrogens is 1. The van der Waals surface area contributed by atoms with Crippen molar-refractivity contribution in [1.29, 1.82) is 0 Å². The fraction of sp³-hybridized carbons (Fsp3) is 0. The maximum absolute atomic E-state index is 11.8. The standard InChI is InChI=1S/C12H7BrClNO2/c13-9-5-11(7-15-6-9)17-12(16)8-2-1-3-10(14)4-8/h1-7H. The van der Waals surface area contributed by atoms with E-state index in [1.807, 2.05) is 0 Å². The average molecular weight is 313 g/mol. The number of hydrogen-bond donors (Lipinski definition) is 0. The number of benzene rings is 1. The largest absolute Gasteiger partial charge is 0.421 e. The van der Waals surface area contributed by atoms with E-state index in [-0.39, 0.29) is 0 Å². The minimum atomic E-state index is -0.465. The number of carbonyl (C=O) groups excluding carboxylic acids is 1. The number of esters is 1. The van der Waals surface area contributed by atoms with Gasteiger partial charge in [-0.25, -0.2) is 4.79 Å². The number of ether oxygens (including phenoxy) is 1. The summed E-state index contributed by atoms with van der Waals surface area (Å²) < 4.78 is 5.89. The molecule has 0 atom stereocenters. The first-order chi connectivity index (χ1) is 8.15. The Morgan fingerprint density at radius 2 is 2.12 bits per heavy atom. The summed E-state index contributed by atoms with van der Waals surface area (Å²) in [5, 5.41) is 0.492. The van der Waals surface area contributed by atoms with E-state index in [2.05, 4.69) is 20.9 Å². The van der Waals surface area contributed by atoms with Gasteiger partial charge in [0.15, 0.2) is 5.75 Å². The molecule has 0 amide bonds. The van der Waals surface area contributed by atoms with Crippen molar-refractivity contribution in [3.63, 3.8) is 0 Å². The van der Waals surface area contributed by atoms with Crippen LogP contribution in [0.15, 0.2) is 47.2 Å². The van der Waals surface area contributed by atoms with Crippen LogP contribution < -0.4 is 4.74 Å². The van der Waals surface area contributed by atoms with Gasteiger partial charge >= 0.3 is 5.97 Å². The maximum atomic E-state index is 11.8. The highest BCUT2D eigenvalue weighted by Crippen LogP contribution is 2.18. The molecule has 3 nitrogen and oxygen atoms in total. The van der Waals surface area contributed by atoms with Crippen LogP contribution in [-0.2, 0) is 0 Å². The van der Waals surface area contributed by atoms with Crippen LogP contribution in [0.5, 0.6) is 5.75 Å².